The molecule has 1 atom stereocenters. The molecule has 5 nitrogen and oxygen atoms in total. The normalized spacial score (nSPS) is 18.7. The zero-order valence-corrected chi connectivity index (χ0v) is 13.6. The van der Waals surface area contributed by atoms with Gasteiger partial charge in [-0.25, -0.2) is 8.42 Å². The topological polar surface area (TPSA) is 63.7 Å². The lowest BCUT2D eigenvalue weighted by Crippen LogP contribution is -2.48. The highest BCUT2D eigenvalue weighted by atomic mass is 32.2. The van der Waals surface area contributed by atoms with Gasteiger partial charge < -0.3 is 4.74 Å². The van der Waals surface area contributed by atoms with Gasteiger partial charge in [0, 0.05) is 13.0 Å². The van der Waals surface area contributed by atoms with Crippen LogP contribution < -0.4 is 0 Å². The minimum Gasteiger partial charge on any atom is -0.468 e. The van der Waals surface area contributed by atoms with Gasteiger partial charge in [0.15, 0.2) is 0 Å². The largest absolute Gasteiger partial charge is 0.468 e. The molecule has 1 aliphatic heterocycles. The molecule has 7 heteroatoms. The van der Waals surface area contributed by atoms with E-state index in [0.29, 0.717) is 6.42 Å². The molecule has 22 heavy (non-hydrogen) atoms. The van der Waals surface area contributed by atoms with Gasteiger partial charge >= 0.3 is 5.97 Å². The van der Waals surface area contributed by atoms with Crippen molar-refractivity contribution in [3.05, 3.63) is 52.9 Å². The van der Waals surface area contributed by atoms with E-state index >= 15 is 0 Å². The molecule has 3 rings (SSSR count). The minimum absolute atomic E-state index is 0.177. The van der Waals surface area contributed by atoms with Crippen molar-refractivity contribution in [2.75, 3.05) is 7.11 Å². The number of ether oxygens (including phenoxy) is 1. The molecule has 116 valence electrons. The van der Waals surface area contributed by atoms with E-state index in [9.17, 15) is 13.2 Å². The lowest BCUT2D eigenvalue weighted by atomic mass is 9.96. The number of nitrogens with zero attached hydrogens (tertiary/aromatic N) is 1. The number of benzene rings is 1. The highest BCUT2D eigenvalue weighted by Gasteiger charge is 2.40. The van der Waals surface area contributed by atoms with Crippen molar-refractivity contribution in [3.63, 3.8) is 0 Å². The van der Waals surface area contributed by atoms with Crippen LogP contribution in [0, 0.1) is 0 Å². The Hall–Kier alpha value is -1.70. The number of methoxy groups -OCH3 is 1. The smallest absolute Gasteiger partial charge is 0.324 e. The molecule has 0 saturated heterocycles. The summed E-state index contributed by atoms with van der Waals surface area (Å²) in [4.78, 5) is 12.1. The van der Waals surface area contributed by atoms with Crippen LogP contribution in [0.5, 0.6) is 0 Å². The second kappa shape index (κ2) is 5.83. The Morgan fingerprint density at radius 1 is 1.23 bits per heavy atom. The first kappa shape index (κ1) is 15.2. The van der Waals surface area contributed by atoms with Crippen molar-refractivity contribution in [2.45, 2.75) is 23.2 Å². The highest BCUT2D eigenvalue weighted by molar-refractivity contribution is 7.91. The van der Waals surface area contributed by atoms with E-state index < -0.39 is 22.0 Å². The van der Waals surface area contributed by atoms with Crippen molar-refractivity contribution in [2.24, 2.45) is 0 Å². The molecule has 2 heterocycles. The van der Waals surface area contributed by atoms with Crippen LogP contribution in [0.1, 0.15) is 11.1 Å². The molecule has 0 N–H and O–H groups in total. The summed E-state index contributed by atoms with van der Waals surface area (Å²) in [5.41, 5.74) is 1.90. The van der Waals surface area contributed by atoms with Crippen molar-refractivity contribution in [1.29, 1.82) is 0 Å². The summed E-state index contributed by atoms with van der Waals surface area (Å²) < 4.78 is 31.9. The third kappa shape index (κ3) is 2.55. The fraction of sp³-hybridized carbons (Fsp3) is 0.267. The molecule has 2 aromatic rings. The van der Waals surface area contributed by atoms with Crippen LogP contribution in [-0.4, -0.2) is 31.8 Å². The number of sulfonamides is 1. The maximum atomic E-state index is 12.8. The van der Waals surface area contributed by atoms with Crippen molar-refractivity contribution >= 4 is 27.3 Å². The van der Waals surface area contributed by atoms with E-state index in [4.69, 9.17) is 4.74 Å². The van der Waals surface area contributed by atoms with Crippen molar-refractivity contribution in [3.8, 4) is 0 Å². The van der Waals surface area contributed by atoms with Crippen LogP contribution in [0.15, 0.2) is 46.0 Å². The predicted octanol–water partition coefficient (Wildman–Crippen LogP) is 2.04. The predicted molar refractivity (Wildman–Crippen MR) is 83.0 cm³/mol. The molecular formula is C15H15NO4S2. The van der Waals surface area contributed by atoms with Gasteiger partial charge in [0.1, 0.15) is 10.3 Å². The van der Waals surface area contributed by atoms with Gasteiger partial charge in [0.05, 0.1) is 7.11 Å². The van der Waals surface area contributed by atoms with Gasteiger partial charge in [-0.1, -0.05) is 30.3 Å². The summed E-state index contributed by atoms with van der Waals surface area (Å²) in [6, 6.07) is 9.97. The molecule has 0 saturated carbocycles. The van der Waals surface area contributed by atoms with Crippen LogP contribution in [-0.2, 0) is 32.5 Å². The molecule has 0 bridgehead atoms. The maximum Gasteiger partial charge on any atom is 0.324 e. The quantitative estimate of drug-likeness (QED) is 0.804. The van der Waals surface area contributed by atoms with Gasteiger partial charge in [-0.15, -0.1) is 11.3 Å². The Bertz CT molecular complexity index is 784. The second-order valence-corrected chi connectivity index (χ2v) is 8.06. The Kier molecular flexibility index (Phi) is 4.03. The molecule has 0 fully saturated rings. The Labute approximate surface area is 133 Å². The van der Waals surface area contributed by atoms with E-state index in [2.05, 4.69) is 0 Å². The number of esters is 1. The molecule has 0 amide bonds. The maximum absolute atomic E-state index is 12.8. The number of thiophene rings is 1. The number of fused-ring (bicyclic) bond motifs is 1. The first-order valence-electron chi connectivity index (χ1n) is 6.74. The van der Waals surface area contributed by atoms with Gasteiger partial charge in [0.2, 0.25) is 0 Å². The average Bonchev–Trinajstić information content (AvgIpc) is 3.08. The first-order chi connectivity index (χ1) is 10.5. The van der Waals surface area contributed by atoms with E-state index in [1.807, 2.05) is 24.3 Å². The number of carbonyl (C=O) groups is 1. The minimum atomic E-state index is -3.71. The summed E-state index contributed by atoms with van der Waals surface area (Å²) >= 11 is 1.14. The monoisotopic (exact) mass is 337 g/mol. The Balaban J connectivity index is 2.06. The molecule has 1 aliphatic rings. The zero-order valence-electron chi connectivity index (χ0n) is 11.9. The third-order valence-corrected chi connectivity index (χ3v) is 6.96. The van der Waals surface area contributed by atoms with Gasteiger partial charge in [0.25, 0.3) is 10.0 Å². The van der Waals surface area contributed by atoms with Gasteiger partial charge in [-0.05, 0) is 22.6 Å². The lowest BCUT2D eigenvalue weighted by molar-refractivity contribution is -0.145. The SMILES string of the molecule is COC(=O)[C@@H]1Cc2ccccc2CN1S(=O)(=O)c1cccs1. The third-order valence-electron chi connectivity index (χ3n) is 3.74. The summed E-state index contributed by atoms with van der Waals surface area (Å²) in [5.74, 6) is -0.533. The highest BCUT2D eigenvalue weighted by Crippen LogP contribution is 2.31. The fourth-order valence-electron chi connectivity index (χ4n) is 2.61. The summed E-state index contributed by atoms with van der Waals surface area (Å²) in [7, 11) is -2.44. The number of rotatable bonds is 3. The second-order valence-electron chi connectivity index (χ2n) is 4.99. The van der Waals surface area contributed by atoms with E-state index in [-0.39, 0.29) is 10.8 Å². The van der Waals surface area contributed by atoms with Crippen molar-refractivity contribution in [1.82, 2.24) is 4.31 Å². The van der Waals surface area contributed by atoms with Crippen LogP contribution in [0.4, 0.5) is 0 Å². The molecule has 0 spiro atoms. The zero-order chi connectivity index (χ0) is 15.7. The van der Waals surface area contributed by atoms with E-state index in [0.717, 1.165) is 22.5 Å². The van der Waals surface area contributed by atoms with Crippen LogP contribution >= 0.6 is 11.3 Å². The van der Waals surface area contributed by atoms with Crippen LogP contribution in [0.25, 0.3) is 0 Å². The number of hydrogen-bond donors (Lipinski definition) is 0. The molecule has 0 unspecified atom stereocenters. The van der Waals surface area contributed by atoms with Gasteiger partial charge in [-0.2, -0.15) is 4.31 Å². The first-order valence-corrected chi connectivity index (χ1v) is 9.06. The lowest BCUT2D eigenvalue weighted by Gasteiger charge is -2.33. The summed E-state index contributed by atoms with van der Waals surface area (Å²) in [6.07, 6.45) is 0.327. The Morgan fingerprint density at radius 3 is 2.59 bits per heavy atom. The molecular weight excluding hydrogens is 322 g/mol. The van der Waals surface area contributed by atoms with E-state index in [1.165, 1.54) is 11.4 Å². The number of hydrogen-bond acceptors (Lipinski definition) is 5. The Morgan fingerprint density at radius 2 is 1.95 bits per heavy atom. The fourth-order valence-corrected chi connectivity index (χ4v) is 5.29. The molecule has 1 aromatic heterocycles. The summed E-state index contributed by atoms with van der Waals surface area (Å²) in [6.45, 7) is 0.177. The summed E-state index contributed by atoms with van der Waals surface area (Å²) in [5, 5.41) is 1.71. The van der Waals surface area contributed by atoms with Crippen molar-refractivity contribution < 1.29 is 17.9 Å². The number of carbonyl (C=O) groups excluding carboxylic acids is 1. The van der Waals surface area contributed by atoms with E-state index in [1.54, 1.807) is 17.5 Å². The average molecular weight is 337 g/mol. The van der Waals surface area contributed by atoms with Crippen LogP contribution in [0.2, 0.25) is 0 Å². The molecule has 1 aromatic carbocycles. The molecule has 0 aliphatic carbocycles. The standard InChI is InChI=1S/C15H15NO4S2/c1-20-15(17)13-9-11-5-2-3-6-12(11)10-16(13)22(18,19)14-7-4-8-21-14/h2-8,13H,9-10H2,1H3/t13-/m0/s1. The molecule has 0 radical (unpaired) electrons. The van der Waals surface area contributed by atoms with Gasteiger partial charge in [-0.3, -0.25) is 4.79 Å². The van der Waals surface area contributed by atoms with Crippen LogP contribution in [0.3, 0.4) is 0 Å².